The Morgan fingerprint density at radius 3 is 2.62 bits per heavy atom. The summed E-state index contributed by atoms with van der Waals surface area (Å²) in [7, 11) is -2.05. The van der Waals surface area contributed by atoms with Crippen molar-refractivity contribution in [3.63, 3.8) is 0 Å². The van der Waals surface area contributed by atoms with Gasteiger partial charge in [0.2, 0.25) is 0 Å². The van der Waals surface area contributed by atoms with Crippen LogP contribution in [0.15, 0.2) is 12.1 Å². The Bertz CT molecular complexity index is 319. The van der Waals surface area contributed by atoms with Crippen molar-refractivity contribution in [3.05, 3.63) is 28.5 Å². The number of hydrogen-bond acceptors (Lipinski definition) is 3. The Kier molecular flexibility index (Phi) is 3.14. The van der Waals surface area contributed by atoms with Gasteiger partial charge in [-0.25, -0.2) is 4.39 Å². The molecule has 0 radical (unpaired) electrons. The molecule has 13 heavy (non-hydrogen) atoms. The number of benzene rings is 1. The fourth-order valence-electron chi connectivity index (χ4n) is 0.894. The molecule has 1 rings (SSSR count). The molecule has 1 aromatic rings. The first-order valence-corrected chi connectivity index (χ1v) is 3.87. The van der Waals surface area contributed by atoms with Crippen LogP contribution in [0, 0.1) is 12.7 Å². The monoisotopic (exact) mass is 204 g/mol. The zero-order valence-electron chi connectivity index (χ0n) is 6.79. The van der Waals surface area contributed by atoms with Crippen molar-refractivity contribution in [1.29, 1.82) is 0 Å². The molecule has 0 aliphatic carbocycles. The molecule has 0 saturated heterocycles. The van der Waals surface area contributed by atoms with Gasteiger partial charge in [0.15, 0.2) is 5.82 Å². The highest BCUT2D eigenvalue weighted by Crippen LogP contribution is 2.25. The second kappa shape index (κ2) is 3.96. The summed E-state index contributed by atoms with van der Waals surface area (Å²) in [5.41, 5.74) is 0.281. The lowest BCUT2D eigenvalue weighted by atomic mass is 10.2. The summed E-state index contributed by atoms with van der Waals surface area (Å²) in [5.74, 6) is -0.933. The largest absolute Gasteiger partial charge is 0.707 e. The smallest absolute Gasteiger partial charge is 0.510 e. The molecule has 70 valence electrons. The molecule has 0 unspecified atom stereocenters. The average Bonchev–Trinajstić information content (AvgIpc) is 1.98. The number of halogens is 2. The van der Waals surface area contributed by atoms with E-state index in [2.05, 4.69) is 4.65 Å². The fraction of sp³-hybridized carbons (Fsp3) is 0.143. The van der Waals surface area contributed by atoms with Crippen LogP contribution in [0.4, 0.5) is 4.39 Å². The first-order valence-electron chi connectivity index (χ1n) is 3.49. The molecule has 0 amide bonds. The van der Waals surface area contributed by atoms with Gasteiger partial charge in [-0.15, -0.1) is 0 Å². The fourth-order valence-corrected chi connectivity index (χ4v) is 1.16. The SMILES string of the molecule is Cc1cc(Cl)cc(OB(O)O)c1F. The van der Waals surface area contributed by atoms with Gasteiger partial charge in [0.25, 0.3) is 0 Å². The number of hydrogen-bond donors (Lipinski definition) is 2. The van der Waals surface area contributed by atoms with Gasteiger partial charge in [0.05, 0.1) is 0 Å². The molecule has 0 aromatic heterocycles. The van der Waals surface area contributed by atoms with E-state index in [4.69, 9.17) is 21.6 Å². The van der Waals surface area contributed by atoms with Gasteiger partial charge in [0.1, 0.15) is 5.75 Å². The summed E-state index contributed by atoms with van der Waals surface area (Å²) in [5, 5.41) is 17.1. The van der Waals surface area contributed by atoms with Crippen LogP contribution in [-0.2, 0) is 0 Å². The van der Waals surface area contributed by atoms with Gasteiger partial charge in [0, 0.05) is 11.1 Å². The molecule has 2 N–H and O–H groups in total. The molecule has 1 aromatic carbocycles. The predicted octanol–water partition coefficient (Wildman–Crippen LogP) is 1.14. The van der Waals surface area contributed by atoms with E-state index < -0.39 is 13.1 Å². The van der Waals surface area contributed by atoms with Crippen LogP contribution >= 0.6 is 11.6 Å². The Balaban J connectivity index is 3.05. The van der Waals surface area contributed by atoms with Gasteiger partial charge in [-0.05, 0) is 18.6 Å². The van der Waals surface area contributed by atoms with E-state index in [1.54, 1.807) is 0 Å². The van der Waals surface area contributed by atoms with E-state index >= 15 is 0 Å². The predicted molar refractivity (Wildman–Crippen MR) is 47.0 cm³/mol. The van der Waals surface area contributed by atoms with E-state index in [0.29, 0.717) is 0 Å². The maximum absolute atomic E-state index is 13.1. The van der Waals surface area contributed by atoms with Crippen molar-refractivity contribution < 1.29 is 19.1 Å². The Morgan fingerprint density at radius 2 is 2.08 bits per heavy atom. The van der Waals surface area contributed by atoms with E-state index in [0.717, 1.165) is 0 Å². The minimum Gasteiger partial charge on any atom is -0.510 e. The van der Waals surface area contributed by atoms with Gasteiger partial charge < -0.3 is 14.7 Å². The first-order chi connectivity index (χ1) is 6.00. The van der Waals surface area contributed by atoms with Crippen LogP contribution in [0.2, 0.25) is 5.02 Å². The first kappa shape index (κ1) is 10.3. The molecule has 0 bridgehead atoms. The Morgan fingerprint density at radius 1 is 1.46 bits per heavy atom. The number of rotatable bonds is 2. The third kappa shape index (κ3) is 2.58. The van der Waals surface area contributed by atoms with Crippen molar-refractivity contribution >= 4 is 18.9 Å². The second-order valence-electron chi connectivity index (χ2n) is 2.48. The molecule has 0 aliphatic heterocycles. The highest BCUT2D eigenvalue weighted by molar-refractivity contribution is 6.34. The molecule has 0 heterocycles. The van der Waals surface area contributed by atoms with E-state index in [9.17, 15) is 4.39 Å². The summed E-state index contributed by atoms with van der Waals surface area (Å²) >= 11 is 5.60. The van der Waals surface area contributed by atoms with Crippen LogP contribution in [0.1, 0.15) is 5.56 Å². The lowest BCUT2D eigenvalue weighted by Crippen LogP contribution is -2.21. The molecular formula is C7H7BClFO3. The van der Waals surface area contributed by atoms with Gasteiger partial charge in [-0.1, -0.05) is 11.6 Å². The normalized spacial score (nSPS) is 9.92. The van der Waals surface area contributed by atoms with Crippen LogP contribution < -0.4 is 4.65 Å². The van der Waals surface area contributed by atoms with Crippen molar-refractivity contribution in [1.82, 2.24) is 0 Å². The van der Waals surface area contributed by atoms with Crippen LogP contribution in [-0.4, -0.2) is 17.4 Å². The molecule has 0 fully saturated rings. The molecule has 6 heteroatoms. The van der Waals surface area contributed by atoms with Crippen LogP contribution in [0.25, 0.3) is 0 Å². The minimum atomic E-state index is -2.05. The molecule has 0 atom stereocenters. The average molecular weight is 204 g/mol. The van der Waals surface area contributed by atoms with Gasteiger partial charge >= 0.3 is 7.32 Å². The molecule has 0 aliphatic rings. The zero-order valence-corrected chi connectivity index (χ0v) is 7.55. The summed E-state index contributed by atoms with van der Waals surface area (Å²) in [6.07, 6.45) is 0. The van der Waals surface area contributed by atoms with Crippen LogP contribution in [0.3, 0.4) is 0 Å². The Hall–Kier alpha value is -0.775. The maximum Gasteiger partial charge on any atom is 0.707 e. The summed E-state index contributed by atoms with van der Waals surface area (Å²) in [4.78, 5) is 0. The highest BCUT2D eigenvalue weighted by Gasteiger charge is 2.16. The minimum absolute atomic E-state index is 0.273. The lowest BCUT2D eigenvalue weighted by molar-refractivity contribution is 0.281. The quantitative estimate of drug-likeness (QED) is 0.710. The van der Waals surface area contributed by atoms with Crippen molar-refractivity contribution in [2.24, 2.45) is 0 Å². The molecule has 0 saturated carbocycles. The maximum atomic E-state index is 13.1. The van der Waals surface area contributed by atoms with Crippen molar-refractivity contribution in [2.45, 2.75) is 6.92 Å². The van der Waals surface area contributed by atoms with Gasteiger partial charge in [-0.3, -0.25) is 0 Å². The molecule has 3 nitrogen and oxygen atoms in total. The standard InChI is InChI=1S/C7H7BClFO3/c1-4-2-5(9)3-6(7(4)10)13-8(11)12/h2-3,11-12H,1H3. The van der Waals surface area contributed by atoms with E-state index in [-0.39, 0.29) is 16.3 Å². The van der Waals surface area contributed by atoms with Crippen molar-refractivity contribution in [3.8, 4) is 5.75 Å². The summed E-state index contributed by atoms with van der Waals surface area (Å²) < 4.78 is 17.5. The van der Waals surface area contributed by atoms with Gasteiger partial charge in [-0.2, -0.15) is 0 Å². The third-order valence-electron chi connectivity index (χ3n) is 1.42. The second-order valence-corrected chi connectivity index (χ2v) is 2.92. The Labute approximate surface area is 79.9 Å². The summed E-state index contributed by atoms with van der Waals surface area (Å²) in [6.45, 7) is 1.50. The van der Waals surface area contributed by atoms with E-state index in [1.807, 2.05) is 0 Å². The third-order valence-corrected chi connectivity index (χ3v) is 1.64. The molecular weight excluding hydrogens is 197 g/mol. The zero-order chi connectivity index (χ0) is 10.0. The lowest BCUT2D eigenvalue weighted by Gasteiger charge is -2.07. The highest BCUT2D eigenvalue weighted by atomic mass is 35.5. The van der Waals surface area contributed by atoms with Crippen molar-refractivity contribution in [2.75, 3.05) is 0 Å². The van der Waals surface area contributed by atoms with E-state index in [1.165, 1.54) is 19.1 Å². The number of aryl methyl sites for hydroxylation is 1. The molecule has 0 spiro atoms. The topological polar surface area (TPSA) is 49.7 Å². The van der Waals surface area contributed by atoms with Crippen LogP contribution in [0.5, 0.6) is 5.75 Å². The summed E-state index contributed by atoms with van der Waals surface area (Å²) in [6, 6.07) is 2.58.